The summed E-state index contributed by atoms with van der Waals surface area (Å²) in [5.41, 5.74) is 2.00. The van der Waals surface area contributed by atoms with Gasteiger partial charge in [0.05, 0.1) is 11.9 Å². The average Bonchev–Trinajstić information content (AvgIpc) is 2.82. The van der Waals surface area contributed by atoms with Gasteiger partial charge in [-0.25, -0.2) is 4.79 Å². The van der Waals surface area contributed by atoms with Gasteiger partial charge in [-0.15, -0.1) is 0 Å². The molecule has 0 atom stereocenters. The van der Waals surface area contributed by atoms with E-state index in [2.05, 4.69) is 10.3 Å². The minimum Gasteiger partial charge on any atom is -0.477 e. The van der Waals surface area contributed by atoms with Crippen LogP contribution in [0.3, 0.4) is 0 Å². The van der Waals surface area contributed by atoms with Crippen molar-refractivity contribution >= 4 is 5.97 Å². The summed E-state index contributed by atoms with van der Waals surface area (Å²) in [7, 11) is 1.74. The minimum atomic E-state index is -1.03. The molecule has 0 radical (unpaired) electrons. The predicted octanol–water partition coefficient (Wildman–Crippen LogP) is 1.64. The van der Waals surface area contributed by atoms with Crippen LogP contribution < -0.4 is 0 Å². The van der Waals surface area contributed by atoms with Gasteiger partial charge in [0.1, 0.15) is 11.3 Å². The second-order valence-electron chi connectivity index (χ2n) is 3.79. The van der Waals surface area contributed by atoms with Gasteiger partial charge in [0.25, 0.3) is 0 Å². The molecular weight excluding hydrogens is 222 g/mol. The molecule has 17 heavy (non-hydrogen) atoms. The summed E-state index contributed by atoms with van der Waals surface area (Å²) in [6.45, 7) is 3.68. The van der Waals surface area contributed by atoms with E-state index in [9.17, 15) is 9.90 Å². The molecule has 0 aliphatic heterocycles. The molecule has 0 aliphatic rings. The molecule has 0 amide bonds. The molecule has 0 unspecified atom stereocenters. The molecule has 2 aromatic rings. The summed E-state index contributed by atoms with van der Waals surface area (Å²) < 4.78 is 6.66. The van der Waals surface area contributed by atoms with Crippen LogP contribution in [0, 0.1) is 6.92 Å². The maximum absolute atomic E-state index is 11.3. The van der Waals surface area contributed by atoms with E-state index in [4.69, 9.17) is 4.52 Å². The smallest absolute Gasteiger partial charge is 0.341 e. The zero-order valence-electron chi connectivity index (χ0n) is 9.89. The summed E-state index contributed by atoms with van der Waals surface area (Å²) >= 11 is 0. The van der Waals surface area contributed by atoms with Crippen LogP contribution in [-0.2, 0) is 13.5 Å². The van der Waals surface area contributed by atoms with Gasteiger partial charge in [0, 0.05) is 13.5 Å². The van der Waals surface area contributed by atoms with Crippen molar-refractivity contribution in [1.29, 1.82) is 0 Å². The van der Waals surface area contributed by atoms with E-state index in [0.717, 1.165) is 5.56 Å². The number of aromatic nitrogens is 3. The van der Waals surface area contributed by atoms with Crippen LogP contribution in [0.5, 0.6) is 0 Å². The third-order valence-corrected chi connectivity index (χ3v) is 2.64. The van der Waals surface area contributed by atoms with Crippen molar-refractivity contribution in [3.8, 4) is 11.4 Å². The Morgan fingerprint density at radius 3 is 2.76 bits per heavy atom. The van der Waals surface area contributed by atoms with Gasteiger partial charge in [-0.05, 0) is 12.5 Å². The first-order valence-electron chi connectivity index (χ1n) is 5.27. The number of carboxylic acids is 1. The zero-order valence-corrected chi connectivity index (χ0v) is 9.89. The molecule has 6 heteroatoms. The van der Waals surface area contributed by atoms with Crippen molar-refractivity contribution in [3.63, 3.8) is 0 Å². The largest absolute Gasteiger partial charge is 0.477 e. The highest BCUT2D eigenvalue weighted by Gasteiger charge is 2.25. The number of aromatic carboxylic acids is 1. The first-order valence-corrected chi connectivity index (χ1v) is 5.27. The number of carboxylic acid groups (broad SMARTS) is 1. The molecule has 0 aromatic carbocycles. The minimum absolute atomic E-state index is 0.124. The summed E-state index contributed by atoms with van der Waals surface area (Å²) in [6.07, 6.45) is 2.16. The molecule has 6 nitrogen and oxygen atoms in total. The van der Waals surface area contributed by atoms with Crippen LogP contribution in [0.4, 0.5) is 0 Å². The van der Waals surface area contributed by atoms with Gasteiger partial charge in [0.15, 0.2) is 5.76 Å². The van der Waals surface area contributed by atoms with Crippen molar-refractivity contribution in [1.82, 2.24) is 14.9 Å². The fraction of sp³-hybridized carbons (Fsp3) is 0.364. The Labute approximate surface area is 97.8 Å². The van der Waals surface area contributed by atoms with Crippen molar-refractivity contribution in [2.24, 2.45) is 7.05 Å². The summed E-state index contributed by atoms with van der Waals surface area (Å²) in [5, 5.41) is 17.1. The van der Waals surface area contributed by atoms with Crippen LogP contribution in [0.15, 0.2) is 10.7 Å². The number of carbonyl (C=O) groups is 1. The highest BCUT2D eigenvalue weighted by atomic mass is 16.5. The molecule has 2 heterocycles. The third-order valence-electron chi connectivity index (χ3n) is 2.64. The van der Waals surface area contributed by atoms with Crippen molar-refractivity contribution in [2.75, 3.05) is 0 Å². The van der Waals surface area contributed by atoms with Crippen molar-refractivity contribution in [3.05, 3.63) is 23.1 Å². The Morgan fingerprint density at radius 2 is 2.29 bits per heavy atom. The Balaban J connectivity index is 2.68. The Kier molecular flexibility index (Phi) is 2.71. The Hall–Kier alpha value is -2.11. The molecule has 0 fully saturated rings. The number of hydrogen-bond acceptors (Lipinski definition) is 4. The van der Waals surface area contributed by atoms with Crippen molar-refractivity contribution < 1.29 is 14.4 Å². The lowest BCUT2D eigenvalue weighted by molar-refractivity contribution is 0.0695. The fourth-order valence-electron chi connectivity index (χ4n) is 1.83. The summed E-state index contributed by atoms with van der Waals surface area (Å²) in [5.74, 6) is -0.646. The van der Waals surface area contributed by atoms with E-state index in [1.165, 1.54) is 0 Å². The molecule has 0 aliphatic carbocycles. The maximum Gasteiger partial charge on any atom is 0.341 e. The van der Waals surface area contributed by atoms with Gasteiger partial charge in [-0.1, -0.05) is 12.1 Å². The third kappa shape index (κ3) is 1.71. The van der Waals surface area contributed by atoms with Crippen LogP contribution >= 0.6 is 0 Å². The van der Waals surface area contributed by atoms with Crippen LogP contribution in [0.1, 0.15) is 28.6 Å². The zero-order chi connectivity index (χ0) is 12.6. The Bertz CT molecular complexity index is 549. The lowest BCUT2D eigenvalue weighted by Crippen LogP contribution is -2.04. The van der Waals surface area contributed by atoms with E-state index in [1.807, 2.05) is 13.8 Å². The van der Waals surface area contributed by atoms with Gasteiger partial charge in [-0.3, -0.25) is 4.68 Å². The molecule has 90 valence electrons. The van der Waals surface area contributed by atoms with Gasteiger partial charge in [-0.2, -0.15) is 5.10 Å². The number of aryl methyl sites for hydroxylation is 3. The van der Waals surface area contributed by atoms with E-state index in [-0.39, 0.29) is 5.56 Å². The first kappa shape index (κ1) is 11.4. The standard InChI is InChI=1S/C11H13N3O3/c1-4-7-8(11(15)16)9(13-17-7)10-6(2)5-12-14(10)3/h5H,4H2,1-3H3,(H,15,16). The lowest BCUT2D eigenvalue weighted by Gasteiger charge is -2.00. The van der Waals surface area contributed by atoms with Gasteiger partial charge >= 0.3 is 5.97 Å². The number of rotatable bonds is 3. The first-order chi connectivity index (χ1) is 8.06. The monoisotopic (exact) mass is 235 g/mol. The predicted molar refractivity (Wildman–Crippen MR) is 59.8 cm³/mol. The molecular formula is C11H13N3O3. The van der Waals surface area contributed by atoms with Crippen LogP contribution in [-0.4, -0.2) is 26.0 Å². The molecule has 0 spiro atoms. The lowest BCUT2D eigenvalue weighted by atomic mass is 10.1. The van der Waals surface area contributed by atoms with E-state index < -0.39 is 5.97 Å². The molecule has 2 rings (SSSR count). The average molecular weight is 235 g/mol. The second kappa shape index (κ2) is 4.04. The van der Waals surface area contributed by atoms with E-state index >= 15 is 0 Å². The SMILES string of the molecule is CCc1onc(-c2c(C)cnn2C)c1C(=O)O. The number of hydrogen-bond donors (Lipinski definition) is 1. The number of nitrogens with zero attached hydrogens (tertiary/aromatic N) is 3. The molecule has 0 saturated heterocycles. The molecule has 1 N–H and O–H groups in total. The quantitative estimate of drug-likeness (QED) is 0.874. The highest BCUT2D eigenvalue weighted by molar-refractivity contribution is 5.95. The van der Waals surface area contributed by atoms with Crippen molar-refractivity contribution in [2.45, 2.75) is 20.3 Å². The second-order valence-corrected chi connectivity index (χ2v) is 3.79. The molecule has 0 bridgehead atoms. The highest BCUT2D eigenvalue weighted by Crippen LogP contribution is 2.27. The fourth-order valence-corrected chi connectivity index (χ4v) is 1.83. The normalized spacial score (nSPS) is 10.8. The van der Waals surface area contributed by atoms with E-state index in [1.54, 1.807) is 17.9 Å². The van der Waals surface area contributed by atoms with Crippen LogP contribution in [0.2, 0.25) is 0 Å². The van der Waals surface area contributed by atoms with Crippen LogP contribution in [0.25, 0.3) is 11.4 Å². The molecule has 0 saturated carbocycles. The summed E-state index contributed by atoms with van der Waals surface area (Å²) in [4.78, 5) is 11.3. The Morgan fingerprint density at radius 1 is 1.59 bits per heavy atom. The van der Waals surface area contributed by atoms with Gasteiger partial charge in [0.2, 0.25) is 0 Å². The molecule has 2 aromatic heterocycles. The summed E-state index contributed by atoms with van der Waals surface area (Å²) in [6, 6.07) is 0. The maximum atomic E-state index is 11.3. The van der Waals surface area contributed by atoms with E-state index in [0.29, 0.717) is 23.6 Å². The van der Waals surface area contributed by atoms with Gasteiger partial charge < -0.3 is 9.63 Å². The topological polar surface area (TPSA) is 81.2 Å².